The molecule has 1 saturated carbocycles. The van der Waals surface area contributed by atoms with E-state index in [0.717, 1.165) is 25.0 Å². The Balaban J connectivity index is 1.64. The summed E-state index contributed by atoms with van der Waals surface area (Å²) in [6.07, 6.45) is 3.41. The largest absolute Gasteiger partial charge is 0.497 e. The number of hydrogen-bond donors (Lipinski definition) is 0. The third-order valence-electron chi connectivity index (χ3n) is 4.41. The Hall–Kier alpha value is -2.09. The Morgan fingerprint density at radius 2 is 1.71 bits per heavy atom. The number of aryl methyl sites for hydroxylation is 1. The van der Waals surface area contributed by atoms with Crippen molar-refractivity contribution in [2.45, 2.75) is 31.1 Å². The monoisotopic (exact) mass is 280 g/mol. The summed E-state index contributed by atoms with van der Waals surface area (Å²) in [6.45, 7) is 0. The van der Waals surface area contributed by atoms with E-state index in [-0.39, 0.29) is 5.41 Å². The molecule has 0 atom stereocenters. The first-order chi connectivity index (χ1) is 10.2. The number of ketones is 1. The van der Waals surface area contributed by atoms with Gasteiger partial charge in [0.15, 0.2) is 0 Å². The van der Waals surface area contributed by atoms with Crippen molar-refractivity contribution in [2.75, 3.05) is 7.11 Å². The highest BCUT2D eigenvalue weighted by Gasteiger charge is 2.49. The van der Waals surface area contributed by atoms with Gasteiger partial charge in [-0.05, 0) is 42.5 Å². The van der Waals surface area contributed by atoms with Gasteiger partial charge >= 0.3 is 0 Å². The SMILES string of the molecule is COc1ccc(CCC(=O)C2(c3ccccc3)CC2)cc1. The molecule has 0 heterocycles. The molecule has 3 rings (SSSR count). The number of rotatable bonds is 6. The Morgan fingerprint density at radius 3 is 2.29 bits per heavy atom. The third kappa shape index (κ3) is 2.85. The molecule has 2 heteroatoms. The zero-order valence-corrected chi connectivity index (χ0v) is 12.3. The summed E-state index contributed by atoms with van der Waals surface area (Å²) >= 11 is 0. The molecule has 1 aliphatic carbocycles. The highest BCUT2D eigenvalue weighted by Crippen LogP contribution is 2.49. The summed E-state index contributed by atoms with van der Waals surface area (Å²) in [6, 6.07) is 18.2. The molecular formula is C19H20O2. The van der Waals surface area contributed by atoms with Gasteiger partial charge in [0, 0.05) is 6.42 Å². The number of carbonyl (C=O) groups is 1. The minimum absolute atomic E-state index is 0.187. The summed E-state index contributed by atoms with van der Waals surface area (Å²) in [5.41, 5.74) is 2.19. The maximum absolute atomic E-state index is 12.6. The summed E-state index contributed by atoms with van der Waals surface area (Å²) in [5.74, 6) is 1.23. The van der Waals surface area contributed by atoms with Crippen LogP contribution < -0.4 is 4.74 Å². The van der Waals surface area contributed by atoms with Crippen molar-refractivity contribution in [3.05, 3.63) is 65.7 Å². The van der Waals surface area contributed by atoms with Crippen molar-refractivity contribution in [1.29, 1.82) is 0 Å². The van der Waals surface area contributed by atoms with E-state index in [2.05, 4.69) is 12.1 Å². The zero-order valence-electron chi connectivity index (χ0n) is 12.3. The van der Waals surface area contributed by atoms with Gasteiger partial charge in [-0.1, -0.05) is 42.5 Å². The van der Waals surface area contributed by atoms with Crippen LogP contribution in [0.5, 0.6) is 5.75 Å². The van der Waals surface area contributed by atoms with Crippen LogP contribution in [0.2, 0.25) is 0 Å². The summed E-state index contributed by atoms with van der Waals surface area (Å²) < 4.78 is 5.15. The number of ether oxygens (including phenoxy) is 1. The lowest BCUT2D eigenvalue weighted by Crippen LogP contribution is -2.20. The molecule has 0 spiro atoms. The molecule has 0 aliphatic heterocycles. The molecule has 21 heavy (non-hydrogen) atoms. The lowest BCUT2D eigenvalue weighted by Gasteiger charge is -2.14. The van der Waals surface area contributed by atoms with Crippen molar-refractivity contribution < 1.29 is 9.53 Å². The minimum atomic E-state index is -0.187. The molecule has 0 unspecified atom stereocenters. The number of methoxy groups -OCH3 is 1. The first kappa shape index (κ1) is 13.9. The minimum Gasteiger partial charge on any atom is -0.497 e. The third-order valence-corrected chi connectivity index (χ3v) is 4.41. The van der Waals surface area contributed by atoms with Crippen LogP contribution in [0.3, 0.4) is 0 Å². The molecule has 1 aliphatic rings. The van der Waals surface area contributed by atoms with Gasteiger partial charge in [0.05, 0.1) is 12.5 Å². The molecular weight excluding hydrogens is 260 g/mol. The van der Waals surface area contributed by atoms with E-state index in [4.69, 9.17) is 4.74 Å². The molecule has 2 aromatic rings. The predicted octanol–water partition coefficient (Wildman–Crippen LogP) is 3.93. The molecule has 0 amide bonds. The molecule has 1 fully saturated rings. The van der Waals surface area contributed by atoms with E-state index >= 15 is 0 Å². The molecule has 2 aromatic carbocycles. The van der Waals surface area contributed by atoms with Gasteiger partial charge < -0.3 is 4.74 Å². The standard InChI is InChI=1S/C19H20O2/c1-21-17-10-7-15(8-11-17)9-12-18(20)19(13-14-19)16-5-3-2-4-6-16/h2-8,10-11H,9,12-14H2,1H3. The van der Waals surface area contributed by atoms with Gasteiger partial charge in [-0.15, -0.1) is 0 Å². The van der Waals surface area contributed by atoms with Gasteiger partial charge in [-0.25, -0.2) is 0 Å². The van der Waals surface area contributed by atoms with E-state index < -0.39 is 0 Å². The Labute approximate surface area is 125 Å². The number of Topliss-reactive ketones (excluding diaryl/α,β-unsaturated/α-hetero) is 1. The predicted molar refractivity (Wildman–Crippen MR) is 83.7 cm³/mol. The smallest absolute Gasteiger partial charge is 0.143 e. The molecule has 0 bridgehead atoms. The van der Waals surface area contributed by atoms with Gasteiger partial charge in [-0.2, -0.15) is 0 Å². The highest BCUT2D eigenvalue weighted by molar-refractivity contribution is 5.93. The first-order valence-electron chi connectivity index (χ1n) is 7.46. The van der Waals surface area contributed by atoms with E-state index in [1.807, 2.05) is 42.5 Å². The van der Waals surface area contributed by atoms with Crippen molar-refractivity contribution in [2.24, 2.45) is 0 Å². The van der Waals surface area contributed by atoms with E-state index in [1.54, 1.807) is 7.11 Å². The fourth-order valence-corrected chi connectivity index (χ4v) is 2.90. The summed E-state index contributed by atoms with van der Waals surface area (Å²) in [7, 11) is 1.66. The van der Waals surface area contributed by atoms with Crippen LogP contribution in [0.25, 0.3) is 0 Å². The van der Waals surface area contributed by atoms with Crippen LogP contribution in [-0.2, 0) is 16.6 Å². The lowest BCUT2D eigenvalue weighted by molar-refractivity contribution is -0.121. The molecule has 108 valence electrons. The zero-order chi connectivity index (χ0) is 14.7. The number of carbonyl (C=O) groups excluding carboxylic acids is 1. The number of benzene rings is 2. The number of hydrogen-bond acceptors (Lipinski definition) is 2. The van der Waals surface area contributed by atoms with Gasteiger partial charge in [-0.3, -0.25) is 4.79 Å². The first-order valence-corrected chi connectivity index (χ1v) is 7.46. The Kier molecular flexibility index (Phi) is 3.78. The lowest BCUT2D eigenvalue weighted by atomic mass is 9.88. The second-order valence-corrected chi connectivity index (χ2v) is 5.72. The van der Waals surface area contributed by atoms with Crippen LogP contribution in [0.1, 0.15) is 30.4 Å². The quantitative estimate of drug-likeness (QED) is 0.801. The maximum Gasteiger partial charge on any atom is 0.143 e. The van der Waals surface area contributed by atoms with Crippen LogP contribution in [-0.4, -0.2) is 12.9 Å². The van der Waals surface area contributed by atoms with Crippen molar-refractivity contribution in [3.63, 3.8) is 0 Å². The van der Waals surface area contributed by atoms with E-state index in [9.17, 15) is 4.79 Å². The van der Waals surface area contributed by atoms with E-state index in [0.29, 0.717) is 12.2 Å². The fraction of sp³-hybridized carbons (Fsp3) is 0.316. The highest BCUT2D eigenvalue weighted by atomic mass is 16.5. The van der Waals surface area contributed by atoms with Crippen LogP contribution in [0.4, 0.5) is 0 Å². The van der Waals surface area contributed by atoms with Crippen molar-refractivity contribution in [3.8, 4) is 5.75 Å². The fourth-order valence-electron chi connectivity index (χ4n) is 2.90. The average molecular weight is 280 g/mol. The maximum atomic E-state index is 12.6. The van der Waals surface area contributed by atoms with E-state index in [1.165, 1.54) is 11.1 Å². The Bertz CT molecular complexity index is 610. The van der Waals surface area contributed by atoms with Crippen LogP contribution >= 0.6 is 0 Å². The van der Waals surface area contributed by atoms with Crippen molar-refractivity contribution in [1.82, 2.24) is 0 Å². The second kappa shape index (κ2) is 5.72. The van der Waals surface area contributed by atoms with Gasteiger partial charge in [0.25, 0.3) is 0 Å². The molecule has 2 nitrogen and oxygen atoms in total. The van der Waals surface area contributed by atoms with Gasteiger partial charge in [0.2, 0.25) is 0 Å². The second-order valence-electron chi connectivity index (χ2n) is 5.72. The normalized spacial score (nSPS) is 15.5. The molecule has 0 radical (unpaired) electrons. The Morgan fingerprint density at radius 1 is 1.05 bits per heavy atom. The van der Waals surface area contributed by atoms with Crippen LogP contribution in [0, 0.1) is 0 Å². The summed E-state index contributed by atoms with van der Waals surface area (Å²) in [4.78, 5) is 12.6. The van der Waals surface area contributed by atoms with Crippen molar-refractivity contribution >= 4 is 5.78 Å². The molecule has 0 aromatic heterocycles. The molecule has 0 N–H and O–H groups in total. The van der Waals surface area contributed by atoms with Gasteiger partial charge in [0.1, 0.15) is 11.5 Å². The van der Waals surface area contributed by atoms with Crippen LogP contribution in [0.15, 0.2) is 54.6 Å². The summed E-state index contributed by atoms with van der Waals surface area (Å²) in [5, 5.41) is 0. The molecule has 0 saturated heterocycles. The topological polar surface area (TPSA) is 26.3 Å². The average Bonchev–Trinajstić information content (AvgIpc) is 3.36.